The van der Waals surface area contributed by atoms with Crippen molar-refractivity contribution in [2.75, 3.05) is 5.32 Å². The van der Waals surface area contributed by atoms with Crippen molar-refractivity contribution >= 4 is 39.9 Å². The van der Waals surface area contributed by atoms with Gasteiger partial charge in [0.2, 0.25) is 5.91 Å². The van der Waals surface area contributed by atoms with Crippen molar-refractivity contribution in [1.82, 2.24) is 0 Å². The van der Waals surface area contributed by atoms with E-state index < -0.39 is 5.54 Å². The summed E-state index contributed by atoms with van der Waals surface area (Å²) in [5, 5.41) is 12.5. The Bertz CT molecular complexity index is 464. The molecule has 0 aliphatic heterocycles. The van der Waals surface area contributed by atoms with E-state index in [4.69, 9.17) is 5.73 Å². The third kappa shape index (κ3) is 4.67. The van der Waals surface area contributed by atoms with Crippen LogP contribution in [0.5, 0.6) is 5.75 Å². The van der Waals surface area contributed by atoms with Crippen LogP contribution in [0.1, 0.15) is 32.3 Å². The molecule has 0 saturated carbocycles. The Morgan fingerprint density at radius 2 is 2.11 bits per heavy atom. The number of nitrogens with one attached hydrogen (secondary N) is 1. The predicted octanol–water partition coefficient (Wildman–Crippen LogP) is 3.34. The van der Waals surface area contributed by atoms with E-state index in [1.54, 1.807) is 19.1 Å². The number of carbonyl (C=O) groups excluding carboxylic acids is 1. The van der Waals surface area contributed by atoms with Gasteiger partial charge in [0.1, 0.15) is 0 Å². The zero-order valence-electron chi connectivity index (χ0n) is 11.3. The molecule has 6 heteroatoms. The number of carbonyl (C=O) groups is 1. The van der Waals surface area contributed by atoms with Crippen molar-refractivity contribution in [2.45, 2.75) is 39.2 Å². The second-order valence-electron chi connectivity index (χ2n) is 4.76. The van der Waals surface area contributed by atoms with Gasteiger partial charge in [0.25, 0.3) is 0 Å². The SMILES string of the molecule is CCCC(C)(N)C(=O)Nc1cc(C)cc(Br)c1O.Cl. The molecule has 0 bridgehead atoms. The molecule has 0 spiro atoms. The van der Waals surface area contributed by atoms with E-state index in [1.807, 2.05) is 13.8 Å². The van der Waals surface area contributed by atoms with E-state index >= 15 is 0 Å². The predicted molar refractivity (Wildman–Crippen MR) is 83.9 cm³/mol. The van der Waals surface area contributed by atoms with Crippen molar-refractivity contribution < 1.29 is 9.90 Å². The monoisotopic (exact) mass is 350 g/mol. The van der Waals surface area contributed by atoms with Gasteiger partial charge >= 0.3 is 0 Å². The van der Waals surface area contributed by atoms with Crippen LogP contribution < -0.4 is 11.1 Å². The van der Waals surface area contributed by atoms with Crippen LogP contribution in [0.25, 0.3) is 0 Å². The molecule has 19 heavy (non-hydrogen) atoms. The molecule has 1 rings (SSSR count). The molecule has 0 radical (unpaired) electrons. The van der Waals surface area contributed by atoms with E-state index in [0.717, 1.165) is 12.0 Å². The van der Waals surface area contributed by atoms with Gasteiger partial charge < -0.3 is 16.2 Å². The molecule has 0 saturated heterocycles. The molecule has 4 N–H and O–H groups in total. The molecule has 1 aromatic carbocycles. The fourth-order valence-corrected chi connectivity index (χ4v) is 2.30. The summed E-state index contributed by atoms with van der Waals surface area (Å²) in [6.07, 6.45) is 1.41. The summed E-state index contributed by atoms with van der Waals surface area (Å²) in [5.41, 5.74) is 6.32. The third-order valence-corrected chi connectivity index (χ3v) is 3.35. The molecule has 0 fully saturated rings. The van der Waals surface area contributed by atoms with Gasteiger partial charge in [0.05, 0.1) is 15.7 Å². The zero-order chi connectivity index (χ0) is 13.9. The average molecular weight is 352 g/mol. The highest BCUT2D eigenvalue weighted by Crippen LogP contribution is 2.33. The molecule has 0 aliphatic rings. The Morgan fingerprint density at radius 3 is 2.63 bits per heavy atom. The number of phenols is 1. The number of aryl methyl sites for hydroxylation is 1. The molecule has 108 valence electrons. The van der Waals surface area contributed by atoms with Crippen LogP contribution in [0.2, 0.25) is 0 Å². The number of aromatic hydroxyl groups is 1. The van der Waals surface area contributed by atoms with Gasteiger partial charge in [0, 0.05) is 0 Å². The van der Waals surface area contributed by atoms with E-state index in [9.17, 15) is 9.90 Å². The number of anilines is 1. The quantitative estimate of drug-likeness (QED) is 0.728. The number of phenolic OH excluding ortho intramolecular Hbond substituents is 1. The molecule has 1 amide bonds. The maximum Gasteiger partial charge on any atom is 0.244 e. The standard InChI is InChI=1S/C13H19BrN2O2.ClH/c1-4-5-13(3,15)12(18)16-10-7-8(2)6-9(14)11(10)17;/h6-7,17H,4-5,15H2,1-3H3,(H,16,18);1H. The van der Waals surface area contributed by atoms with Gasteiger partial charge in [-0.1, -0.05) is 13.3 Å². The lowest BCUT2D eigenvalue weighted by molar-refractivity contribution is -0.120. The minimum Gasteiger partial charge on any atom is -0.505 e. The average Bonchev–Trinajstić information content (AvgIpc) is 2.25. The molecule has 1 atom stereocenters. The van der Waals surface area contributed by atoms with Crippen molar-refractivity contribution in [3.63, 3.8) is 0 Å². The van der Waals surface area contributed by atoms with Gasteiger partial charge in [0.15, 0.2) is 5.75 Å². The number of amides is 1. The minimum absolute atomic E-state index is 0. The summed E-state index contributed by atoms with van der Waals surface area (Å²) in [5.74, 6) is -0.279. The molecule has 1 unspecified atom stereocenters. The highest BCUT2D eigenvalue weighted by atomic mass is 79.9. The van der Waals surface area contributed by atoms with Crippen LogP contribution in [0, 0.1) is 6.92 Å². The topological polar surface area (TPSA) is 75.4 Å². The van der Waals surface area contributed by atoms with Gasteiger partial charge in [-0.25, -0.2) is 0 Å². The second kappa shape index (κ2) is 7.12. The number of hydrogen-bond donors (Lipinski definition) is 3. The summed E-state index contributed by atoms with van der Waals surface area (Å²) >= 11 is 3.24. The van der Waals surface area contributed by atoms with Crippen LogP contribution in [0.15, 0.2) is 16.6 Å². The first-order valence-corrected chi connectivity index (χ1v) is 6.66. The van der Waals surface area contributed by atoms with E-state index in [2.05, 4.69) is 21.2 Å². The first-order valence-electron chi connectivity index (χ1n) is 5.87. The van der Waals surface area contributed by atoms with Crippen LogP contribution in [0.3, 0.4) is 0 Å². The van der Waals surface area contributed by atoms with Gasteiger partial charge in [-0.05, 0) is 53.9 Å². The Balaban J connectivity index is 0.00000324. The number of hydrogen-bond acceptors (Lipinski definition) is 3. The fourth-order valence-electron chi connectivity index (χ4n) is 1.73. The molecule has 4 nitrogen and oxygen atoms in total. The highest BCUT2D eigenvalue weighted by Gasteiger charge is 2.28. The molecular formula is C13H20BrClN2O2. The largest absolute Gasteiger partial charge is 0.505 e. The van der Waals surface area contributed by atoms with Crippen molar-refractivity contribution in [1.29, 1.82) is 0 Å². The normalized spacial score (nSPS) is 13.3. The van der Waals surface area contributed by atoms with Gasteiger partial charge in [-0.3, -0.25) is 4.79 Å². The lowest BCUT2D eigenvalue weighted by Gasteiger charge is -2.23. The molecule has 0 aliphatic carbocycles. The zero-order valence-corrected chi connectivity index (χ0v) is 13.7. The third-order valence-electron chi connectivity index (χ3n) is 2.74. The van der Waals surface area contributed by atoms with Gasteiger partial charge in [-0.15, -0.1) is 12.4 Å². The fraction of sp³-hybridized carbons (Fsp3) is 0.462. The molecule has 0 aromatic heterocycles. The highest BCUT2D eigenvalue weighted by molar-refractivity contribution is 9.10. The molecule has 1 aromatic rings. The second-order valence-corrected chi connectivity index (χ2v) is 5.62. The summed E-state index contributed by atoms with van der Waals surface area (Å²) in [6.45, 7) is 5.54. The smallest absolute Gasteiger partial charge is 0.244 e. The molecular weight excluding hydrogens is 332 g/mol. The summed E-state index contributed by atoms with van der Waals surface area (Å²) in [7, 11) is 0. The summed E-state index contributed by atoms with van der Waals surface area (Å²) < 4.78 is 0.548. The molecule has 0 heterocycles. The van der Waals surface area contributed by atoms with Crippen LogP contribution in [0.4, 0.5) is 5.69 Å². The van der Waals surface area contributed by atoms with Crippen molar-refractivity contribution in [3.05, 3.63) is 22.2 Å². The first-order chi connectivity index (χ1) is 8.27. The number of halogens is 2. The Morgan fingerprint density at radius 1 is 1.53 bits per heavy atom. The van der Waals surface area contributed by atoms with E-state index in [-0.39, 0.29) is 24.1 Å². The van der Waals surface area contributed by atoms with Crippen molar-refractivity contribution in [2.24, 2.45) is 5.73 Å². The first kappa shape index (κ1) is 18.2. The van der Waals surface area contributed by atoms with Crippen LogP contribution in [-0.2, 0) is 4.79 Å². The minimum atomic E-state index is -0.933. The van der Waals surface area contributed by atoms with Crippen LogP contribution in [-0.4, -0.2) is 16.6 Å². The Hall–Kier alpha value is -0.780. The number of benzene rings is 1. The lowest BCUT2D eigenvalue weighted by Crippen LogP contribution is -2.48. The Labute approximate surface area is 128 Å². The summed E-state index contributed by atoms with van der Waals surface area (Å²) in [6, 6.07) is 3.48. The Kier molecular flexibility index (Phi) is 6.83. The maximum absolute atomic E-state index is 12.0. The van der Waals surface area contributed by atoms with Gasteiger partial charge in [-0.2, -0.15) is 0 Å². The maximum atomic E-state index is 12.0. The van der Waals surface area contributed by atoms with Crippen molar-refractivity contribution in [3.8, 4) is 5.75 Å². The number of rotatable bonds is 4. The summed E-state index contributed by atoms with van der Waals surface area (Å²) in [4.78, 5) is 12.0. The number of nitrogens with two attached hydrogens (primary N) is 1. The lowest BCUT2D eigenvalue weighted by atomic mass is 9.96. The van der Waals surface area contributed by atoms with Crippen LogP contribution >= 0.6 is 28.3 Å². The van der Waals surface area contributed by atoms with E-state index in [1.165, 1.54) is 0 Å². The van der Waals surface area contributed by atoms with E-state index in [0.29, 0.717) is 16.6 Å².